The van der Waals surface area contributed by atoms with E-state index < -0.39 is 40.4 Å². The average Bonchev–Trinajstić information content (AvgIpc) is 2.71. The van der Waals surface area contributed by atoms with Crippen molar-refractivity contribution in [3.8, 4) is 17.2 Å². The number of carbonyl (C=O) groups excluding carboxylic acids is 2. The van der Waals surface area contributed by atoms with Gasteiger partial charge in [-0.25, -0.2) is 9.18 Å². The number of ether oxygens (including phenoxy) is 4. The summed E-state index contributed by atoms with van der Waals surface area (Å²) in [5, 5.41) is 11.3. The third kappa shape index (κ3) is 4.98. The molecule has 0 fully saturated rings. The Kier molecular flexibility index (Phi) is 7.07. The molecule has 2 aromatic rings. The highest BCUT2D eigenvalue weighted by atomic mass is 19.1. The van der Waals surface area contributed by atoms with Crippen LogP contribution < -0.4 is 14.2 Å². The summed E-state index contributed by atoms with van der Waals surface area (Å²) in [4.78, 5) is 35.0. The molecular formula is C19H18FNO8. The Morgan fingerprint density at radius 3 is 2.31 bits per heavy atom. The number of nitro groups is 1. The topological polar surface area (TPSA) is 114 Å². The smallest absolute Gasteiger partial charge is 0.345 e. The zero-order valence-corrected chi connectivity index (χ0v) is 15.9. The van der Waals surface area contributed by atoms with Crippen molar-refractivity contribution in [2.24, 2.45) is 0 Å². The molecular weight excluding hydrogens is 389 g/mol. The standard InChI is InChI=1S/C19H18FNO8/c1-4-28-18-8-12(14(21(24)25)9-17(18)27-3)19(23)29-10-15(22)11-5-6-16(26-2)13(20)7-11/h5-9H,4,10H2,1-3H3. The molecule has 0 aromatic heterocycles. The highest BCUT2D eigenvalue weighted by Gasteiger charge is 2.26. The third-order valence-corrected chi connectivity index (χ3v) is 3.81. The molecule has 0 aliphatic heterocycles. The molecule has 0 bridgehead atoms. The molecule has 9 nitrogen and oxygen atoms in total. The number of esters is 1. The lowest BCUT2D eigenvalue weighted by atomic mass is 10.1. The van der Waals surface area contributed by atoms with E-state index in [0.717, 1.165) is 18.2 Å². The van der Waals surface area contributed by atoms with Crippen LogP contribution in [0.25, 0.3) is 0 Å². The van der Waals surface area contributed by atoms with Gasteiger partial charge in [-0.05, 0) is 25.1 Å². The minimum atomic E-state index is -1.11. The van der Waals surface area contributed by atoms with Crippen molar-refractivity contribution in [2.45, 2.75) is 6.92 Å². The van der Waals surface area contributed by atoms with Gasteiger partial charge in [0.15, 0.2) is 35.5 Å². The molecule has 10 heteroatoms. The van der Waals surface area contributed by atoms with E-state index in [2.05, 4.69) is 0 Å². The molecule has 29 heavy (non-hydrogen) atoms. The predicted molar refractivity (Wildman–Crippen MR) is 98.4 cm³/mol. The molecule has 0 spiro atoms. The van der Waals surface area contributed by atoms with Crippen LogP contribution in [0.4, 0.5) is 10.1 Å². The molecule has 2 rings (SSSR count). The second kappa shape index (κ2) is 9.49. The van der Waals surface area contributed by atoms with Crippen LogP contribution in [-0.2, 0) is 4.74 Å². The van der Waals surface area contributed by atoms with Crippen LogP contribution in [0.15, 0.2) is 30.3 Å². The lowest BCUT2D eigenvalue weighted by molar-refractivity contribution is -0.385. The van der Waals surface area contributed by atoms with E-state index in [0.29, 0.717) is 0 Å². The second-order valence-electron chi connectivity index (χ2n) is 5.56. The van der Waals surface area contributed by atoms with Crippen molar-refractivity contribution < 1.29 is 37.9 Å². The van der Waals surface area contributed by atoms with Crippen molar-refractivity contribution >= 4 is 17.4 Å². The van der Waals surface area contributed by atoms with E-state index in [4.69, 9.17) is 18.9 Å². The van der Waals surface area contributed by atoms with Gasteiger partial charge in [0.05, 0.1) is 31.8 Å². The Morgan fingerprint density at radius 2 is 1.76 bits per heavy atom. The number of hydrogen-bond donors (Lipinski definition) is 0. The van der Waals surface area contributed by atoms with E-state index in [1.54, 1.807) is 6.92 Å². The quantitative estimate of drug-likeness (QED) is 0.269. The Balaban J connectivity index is 2.23. The average molecular weight is 407 g/mol. The highest BCUT2D eigenvalue weighted by Crippen LogP contribution is 2.35. The highest BCUT2D eigenvalue weighted by molar-refractivity contribution is 6.00. The number of nitro benzene ring substituents is 1. The summed E-state index contributed by atoms with van der Waals surface area (Å²) in [6.07, 6.45) is 0. The number of carbonyl (C=O) groups is 2. The van der Waals surface area contributed by atoms with E-state index in [1.807, 2.05) is 0 Å². The van der Waals surface area contributed by atoms with Crippen molar-refractivity contribution in [1.82, 2.24) is 0 Å². The predicted octanol–water partition coefficient (Wildman–Crippen LogP) is 3.19. The number of benzene rings is 2. The van der Waals surface area contributed by atoms with Gasteiger partial charge in [0.2, 0.25) is 0 Å². The van der Waals surface area contributed by atoms with Crippen LogP contribution in [-0.4, -0.2) is 44.1 Å². The Bertz CT molecular complexity index is 944. The van der Waals surface area contributed by atoms with Gasteiger partial charge in [0.25, 0.3) is 5.69 Å². The summed E-state index contributed by atoms with van der Waals surface area (Å²) >= 11 is 0. The Morgan fingerprint density at radius 1 is 1.07 bits per heavy atom. The van der Waals surface area contributed by atoms with E-state index in [-0.39, 0.29) is 29.4 Å². The van der Waals surface area contributed by atoms with Crippen LogP contribution in [0.3, 0.4) is 0 Å². The maximum atomic E-state index is 13.7. The molecule has 0 saturated heterocycles. The monoisotopic (exact) mass is 407 g/mol. The van der Waals surface area contributed by atoms with Crippen molar-refractivity contribution in [2.75, 3.05) is 27.4 Å². The zero-order valence-electron chi connectivity index (χ0n) is 15.9. The summed E-state index contributed by atoms with van der Waals surface area (Å²) in [5.74, 6) is -2.42. The zero-order chi connectivity index (χ0) is 21.6. The van der Waals surface area contributed by atoms with Crippen LogP contribution in [0.5, 0.6) is 17.2 Å². The third-order valence-electron chi connectivity index (χ3n) is 3.81. The molecule has 154 valence electrons. The molecule has 0 atom stereocenters. The van der Waals surface area contributed by atoms with Crippen molar-refractivity contribution in [1.29, 1.82) is 0 Å². The second-order valence-corrected chi connectivity index (χ2v) is 5.56. The Labute approximate surface area is 165 Å². The minimum Gasteiger partial charge on any atom is -0.494 e. The first-order valence-corrected chi connectivity index (χ1v) is 8.35. The van der Waals surface area contributed by atoms with Gasteiger partial charge in [-0.3, -0.25) is 14.9 Å². The van der Waals surface area contributed by atoms with Gasteiger partial charge in [0.1, 0.15) is 5.56 Å². The number of hydrogen-bond acceptors (Lipinski definition) is 8. The number of Topliss-reactive ketones (excluding diaryl/α,β-unsaturated/α-hetero) is 1. The number of nitrogens with zero attached hydrogens (tertiary/aromatic N) is 1. The molecule has 0 heterocycles. The first kappa shape index (κ1) is 21.6. The fourth-order valence-electron chi connectivity index (χ4n) is 2.42. The summed E-state index contributed by atoms with van der Waals surface area (Å²) in [6.45, 7) is 1.17. The number of methoxy groups -OCH3 is 2. The van der Waals surface area contributed by atoms with E-state index in [1.165, 1.54) is 26.4 Å². The van der Waals surface area contributed by atoms with Crippen LogP contribution >= 0.6 is 0 Å². The van der Waals surface area contributed by atoms with Gasteiger partial charge in [-0.2, -0.15) is 0 Å². The van der Waals surface area contributed by atoms with Gasteiger partial charge in [-0.1, -0.05) is 0 Å². The largest absolute Gasteiger partial charge is 0.494 e. The summed E-state index contributed by atoms with van der Waals surface area (Å²) < 4.78 is 33.7. The molecule has 0 aliphatic rings. The van der Waals surface area contributed by atoms with E-state index in [9.17, 15) is 24.1 Å². The number of ketones is 1. The van der Waals surface area contributed by atoms with Crippen molar-refractivity contribution in [3.05, 3.63) is 57.4 Å². The van der Waals surface area contributed by atoms with Gasteiger partial charge in [0, 0.05) is 11.6 Å². The number of rotatable bonds is 9. The van der Waals surface area contributed by atoms with Crippen LogP contribution in [0, 0.1) is 15.9 Å². The summed E-state index contributed by atoms with van der Waals surface area (Å²) in [5.41, 5.74) is -1.03. The number of halogens is 1. The van der Waals surface area contributed by atoms with Gasteiger partial charge in [-0.15, -0.1) is 0 Å². The minimum absolute atomic E-state index is 0.0455. The van der Waals surface area contributed by atoms with Crippen molar-refractivity contribution in [3.63, 3.8) is 0 Å². The van der Waals surface area contributed by atoms with Gasteiger partial charge < -0.3 is 18.9 Å². The van der Waals surface area contributed by atoms with E-state index >= 15 is 0 Å². The fourth-order valence-corrected chi connectivity index (χ4v) is 2.42. The maximum absolute atomic E-state index is 13.7. The van der Waals surface area contributed by atoms with Crippen LogP contribution in [0.1, 0.15) is 27.6 Å². The molecule has 2 aromatic carbocycles. The summed E-state index contributed by atoms with van der Waals surface area (Å²) in [7, 11) is 2.58. The first-order chi connectivity index (χ1) is 13.8. The molecule has 0 N–H and O–H groups in total. The lowest BCUT2D eigenvalue weighted by Crippen LogP contribution is -2.16. The molecule has 0 radical (unpaired) electrons. The summed E-state index contributed by atoms with van der Waals surface area (Å²) in [6, 6.07) is 5.65. The lowest BCUT2D eigenvalue weighted by Gasteiger charge is -2.11. The SMILES string of the molecule is CCOc1cc(C(=O)OCC(=O)c2ccc(OC)c(F)c2)c([N+](=O)[O-])cc1OC. The molecule has 0 aliphatic carbocycles. The maximum Gasteiger partial charge on any atom is 0.345 e. The molecule has 0 unspecified atom stereocenters. The molecule has 0 amide bonds. The molecule has 0 saturated carbocycles. The fraction of sp³-hybridized carbons (Fsp3) is 0.263. The first-order valence-electron chi connectivity index (χ1n) is 8.35. The Hall–Kier alpha value is -3.69. The van der Waals surface area contributed by atoms with Gasteiger partial charge >= 0.3 is 5.97 Å². The normalized spacial score (nSPS) is 10.2. The van der Waals surface area contributed by atoms with Crippen LogP contribution in [0.2, 0.25) is 0 Å².